The Morgan fingerprint density at radius 2 is 2.07 bits per heavy atom. The molecule has 1 fully saturated rings. The van der Waals surface area contributed by atoms with Crippen molar-refractivity contribution in [2.45, 2.75) is 76.6 Å². The maximum Gasteiger partial charge on any atom is 0.344 e. The molecule has 1 unspecified atom stereocenters. The summed E-state index contributed by atoms with van der Waals surface area (Å²) in [5.41, 5.74) is 2.17. The summed E-state index contributed by atoms with van der Waals surface area (Å²) in [7, 11) is 0. The fourth-order valence-electron chi connectivity index (χ4n) is 5.59. The number of rotatable bonds is 7. The highest BCUT2D eigenvalue weighted by atomic mass is 16.6. The molecule has 0 saturated heterocycles. The van der Waals surface area contributed by atoms with Crippen molar-refractivity contribution in [2.75, 3.05) is 6.61 Å². The van der Waals surface area contributed by atoms with Gasteiger partial charge in [-0.25, -0.2) is 4.79 Å². The Labute approximate surface area is 167 Å². The van der Waals surface area contributed by atoms with E-state index in [9.17, 15) is 15.0 Å². The van der Waals surface area contributed by atoms with Gasteiger partial charge in [0.1, 0.15) is 11.9 Å². The lowest BCUT2D eigenvalue weighted by Gasteiger charge is -2.36. The Morgan fingerprint density at radius 1 is 1.21 bits per heavy atom. The Balaban J connectivity index is 1.50. The third-order valence-corrected chi connectivity index (χ3v) is 6.97. The number of ether oxygens (including phenoxy) is 2. The molecule has 1 aliphatic heterocycles. The van der Waals surface area contributed by atoms with E-state index in [-0.39, 0.29) is 42.5 Å². The first-order valence-electron chi connectivity index (χ1n) is 10.9. The number of benzene rings is 1. The lowest BCUT2D eigenvalue weighted by atomic mass is 9.72. The minimum atomic E-state index is -0.404. The first kappa shape index (κ1) is 19.7. The molecule has 3 aliphatic rings. The number of esters is 1. The summed E-state index contributed by atoms with van der Waals surface area (Å²) >= 11 is 0. The SMILES string of the molecule is CCCCC[C@H](O)CC[C@@H]1[C@H]2Cc3cccc4c3C(OC(=O)CO4)[C@H]2C[C@H]1O. The molecule has 2 N–H and O–H groups in total. The van der Waals surface area contributed by atoms with Crippen LogP contribution >= 0.6 is 0 Å². The van der Waals surface area contributed by atoms with Crippen LogP contribution < -0.4 is 4.74 Å². The van der Waals surface area contributed by atoms with Gasteiger partial charge in [-0.3, -0.25) is 0 Å². The highest BCUT2D eigenvalue weighted by molar-refractivity contribution is 5.72. The first-order chi connectivity index (χ1) is 13.6. The Bertz CT molecular complexity index is 702. The number of carbonyl (C=O) groups excluding carboxylic acids is 1. The Morgan fingerprint density at radius 3 is 2.89 bits per heavy atom. The molecule has 0 aromatic heterocycles. The van der Waals surface area contributed by atoms with Gasteiger partial charge in [-0.05, 0) is 55.6 Å². The summed E-state index contributed by atoms with van der Waals surface area (Å²) in [6, 6.07) is 5.97. The van der Waals surface area contributed by atoms with Crippen LogP contribution in [0.15, 0.2) is 18.2 Å². The monoisotopic (exact) mass is 388 g/mol. The second kappa shape index (κ2) is 8.42. The molecule has 0 spiro atoms. The van der Waals surface area contributed by atoms with Gasteiger partial charge in [0.25, 0.3) is 0 Å². The van der Waals surface area contributed by atoms with E-state index in [0.717, 1.165) is 56.3 Å². The molecule has 1 saturated carbocycles. The van der Waals surface area contributed by atoms with Crippen LogP contribution in [0.25, 0.3) is 0 Å². The van der Waals surface area contributed by atoms with Crippen molar-refractivity contribution in [2.24, 2.45) is 17.8 Å². The van der Waals surface area contributed by atoms with Crippen LogP contribution in [0.3, 0.4) is 0 Å². The predicted octanol–water partition coefficient (Wildman–Crippen LogP) is 3.55. The zero-order chi connectivity index (χ0) is 19.7. The van der Waals surface area contributed by atoms with E-state index in [0.29, 0.717) is 6.42 Å². The molecule has 0 amide bonds. The summed E-state index contributed by atoms with van der Waals surface area (Å²) in [6.45, 7) is 2.11. The molecule has 1 aromatic rings. The van der Waals surface area contributed by atoms with Crippen molar-refractivity contribution in [3.63, 3.8) is 0 Å². The van der Waals surface area contributed by atoms with E-state index >= 15 is 0 Å². The normalized spacial score (nSPS) is 32.0. The standard InChI is InChI=1S/C23H32O5/c1-2-3-4-7-15(24)9-10-16-17-11-14-6-5-8-20-22(14)23(18(17)12-19(16)25)28-21(26)13-27-20/h5-6,8,15-19,23-25H,2-4,7,9-13H2,1H3/t15-,16+,17+,18-,19+,23?/m0/s1. The number of aliphatic hydroxyl groups is 2. The van der Waals surface area contributed by atoms with Crippen LogP contribution in [-0.2, 0) is 16.0 Å². The number of carbonyl (C=O) groups is 1. The number of unbranched alkanes of at least 4 members (excludes halogenated alkanes) is 2. The molecule has 2 aliphatic carbocycles. The second-order valence-corrected chi connectivity index (χ2v) is 8.75. The Hall–Kier alpha value is -1.59. The molecule has 154 valence electrons. The average Bonchev–Trinajstić information content (AvgIpc) is 2.88. The Kier molecular flexibility index (Phi) is 5.93. The molecular weight excluding hydrogens is 356 g/mol. The predicted molar refractivity (Wildman–Crippen MR) is 105 cm³/mol. The quantitative estimate of drug-likeness (QED) is 0.552. The number of hydrogen-bond acceptors (Lipinski definition) is 5. The van der Waals surface area contributed by atoms with Gasteiger partial charge in [0.2, 0.25) is 0 Å². The van der Waals surface area contributed by atoms with Gasteiger partial charge in [0, 0.05) is 11.5 Å². The van der Waals surface area contributed by atoms with E-state index in [4.69, 9.17) is 9.47 Å². The van der Waals surface area contributed by atoms with Crippen molar-refractivity contribution < 1.29 is 24.5 Å². The topological polar surface area (TPSA) is 76.0 Å². The number of fused-ring (bicyclic) bond motifs is 2. The first-order valence-corrected chi connectivity index (χ1v) is 10.9. The minimum absolute atomic E-state index is 0.0553. The fourth-order valence-corrected chi connectivity index (χ4v) is 5.59. The molecule has 5 nitrogen and oxygen atoms in total. The van der Waals surface area contributed by atoms with Gasteiger partial charge in [-0.15, -0.1) is 0 Å². The lowest BCUT2D eigenvalue weighted by molar-refractivity contribution is -0.154. The molecule has 28 heavy (non-hydrogen) atoms. The van der Waals surface area contributed by atoms with Gasteiger partial charge in [-0.2, -0.15) is 0 Å². The smallest absolute Gasteiger partial charge is 0.344 e. The summed E-state index contributed by atoms with van der Waals surface area (Å²) in [6.07, 6.45) is 6.27. The van der Waals surface area contributed by atoms with Crippen molar-refractivity contribution in [3.8, 4) is 5.75 Å². The van der Waals surface area contributed by atoms with Gasteiger partial charge in [0.05, 0.1) is 12.2 Å². The molecule has 1 heterocycles. The zero-order valence-corrected chi connectivity index (χ0v) is 16.7. The highest BCUT2D eigenvalue weighted by Gasteiger charge is 2.51. The van der Waals surface area contributed by atoms with Crippen molar-refractivity contribution >= 4 is 5.97 Å². The van der Waals surface area contributed by atoms with Crippen LogP contribution in [0.2, 0.25) is 0 Å². The maximum atomic E-state index is 12.1. The van der Waals surface area contributed by atoms with Gasteiger partial charge >= 0.3 is 5.97 Å². The van der Waals surface area contributed by atoms with Crippen molar-refractivity contribution in [1.29, 1.82) is 0 Å². The third-order valence-electron chi connectivity index (χ3n) is 6.97. The van der Waals surface area contributed by atoms with Gasteiger partial charge < -0.3 is 19.7 Å². The van der Waals surface area contributed by atoms with Crippen LogP contribution in [0, 0.1) is 17.8 Å². The number of hydrogen-bond donors (Lipinski definition) is 2. The van der Waals surface area contributed by atoms with Crippen LogP contribution in [0.1, 0.15) is 69.1 Å². The van der Waals surface area contributed by atoms with Crippen molar-refractivity contribution in [1.82, 2.24) is 0 Å². The highest BCUT2D eigenvalue weighted by Crippen LogP contribution is 2.55. The molecule has 1 aromatic carbocycles. The second-order valence-electron chi connectivity index (χ2n) is 8.75. The summed E-state index contributed by atoms with van der Waals surface area (Å²) in [4.78, 5) is 12.1. The lowest BCUT2D eigenvalue weighted by Crippen LogP contribution is -2.32. The summed E-state index contributed by atoms with van der Waals surface area (Å²) < 4.78 is 11.5. The summed E-state index contributed by atoms with van der Waals surface area (Å²) in [5, 5.41) is 21.1. The van der Waals surface area contributed by atoms with E-state index in [1.807, 2.05) is 12.1 Å². The summed E-state index contributed by atoms with van der Waals surface area (Å²) in [5.74, 6) is 0.951. The third kappa shape index (κ3) is 3.79. The largest absolute Gasteiger partial charge is 0.481 e. The molecular formula is C23H32O5. The fraction of sp³-hybridized carbons (Fsp3) is 0.696. The van der Waals surface area contributed by atoms with E-state index in [1.54, 1.807) is 0 Å². The molecule has 5 heteroatoms. The van der Waals surface area contributed by atoms with E-state index in [1.165, 1.54) is 5.56 Å². The molecule has 0 bridgehead atoms. The molecule has 4 rings (SSSR count). The van der Waals surface area contributed by atoms with Crippen LogP contribution in [0.5, 0.6) is 5.75 Å². The van der Waals surface area contributed by atoms with Gasteiger partial charge in [-0.1, -0.05) is 38.3 Å². The molecule has 0 radical (unpaired) electrons. The van der Waals surface area contributed by atoms with Gasteiger partial charge in [0.15, 0.2) is 6.61 Å². The number of aliphatic hydroxyl groups excluding tert-OH is 2. The van der Waals surface area contributed by atoms with Crippen LogP contribution in [-0.4, -0.2) is 35.0 Å². The molecule has 6 atom stereocenters. The minimum Gasteiger partial charge on any atom is -0.481 e. The van der Waals surface area contributed by atoms with Crippen molar-refractivity contribution in [3.05, 3.63) is 29.3 Å². The zero-order valence-electron chi connectivity index (χ0n) is 16.7. The van der Waals surface area contributed by atoms with E-state index in [2.05, 4.69) is 13.0 Å². The van der Waals surface area contributed by atoms with E-state index < -0.39 is 6.10 Å². The maximum absolute atomic E-state index is 12.1. The average molecular weight is 389 g/mol. The van der Waals surface area contributed by atoms with Crippen LogP contribution in [0.4, 0.5) is 0 Å².